The van der Waals surface area contributed by atoms with Gasteiger partial charge in [0.1, 0.15) is 34.4 Å². The average molecular weight is 526 g/mol. The van der Waals surface area contributed by atoms with E-state index in [1.54, 1.807) is 47.2 Å². The van der Waals surface area contributed by atoms with Gasteiger partial charge in [-0.05, 0) is 50.1 Å². The molecule has 0 saturated heterocycles. The van der Waals surface area contributed by atoms with Crippen LogP contribution >= 0.6 is 0 Å². The number of para-hydroxylation sites is 1. The Hall–Kier alpha value is -4.93. The Morgan fingerprint density at radius 2 is 1.95 bits per heavy atom. The fourth-order valence-corrected chi connectivity index (χ4v) is 4.77. The van der Waals surface area contributed by atoms with Crippen molar-refractivity contribution in [2.75, 3.05) is 6.61 Å². The van der Waals surface area contributed by atoms with Crippen LogP contribution in [-0.2, 0) is 0 Å². The van der Waals surface area contributed by atoms with Crippen molar-refractivity contribution >= 4 is 16.9 Å². The minimum atomic E-state index is -0.405. The van der Waals surface area contributed by atoms with Crippen molar-refractivity contribution in [3.05, 3.63) is 84.3 Å². The van der Waals surface area contributed by atoms with Gasteiger partial charge in [-0.3, -0.25) is 14.3 Å². The lowest BCUT2D eigenvalue weighted by Crippen LogP contribution is -2.44. The highest BCUT2D eigenvalue weighted by molar-refractivity contribution is 6.04. The number of carbonyl (C=O) groups is 1. The minimum Gasteiger partial charge on any atom is -0.506 e. The first-order chi connectivity index (χ1) is 19.0. The van der Waals surface area contributed by atoms with E-state index < -0.39 is 5.82 Å². The van der Waals surface area contributed by atoms with Crippen LogP contribution in [0.5, 0.6) is 11.5 Å². The fraction of sp³-hybridized carbons (Fsp3) is 0.214. The zero-order chi connectivity index (χ0) is 26.9. The third kappa shape index (κ3) is 4.63. The molecule has 6 rings (SSSR count). The number of aromatic hydroxyl groups is 1. The Kier molecular flexibility index (Phi) is 6.31. The number of fused-ring (bicyclic) bond motifs is 1. The third-order valence-corrected chi connectivity index (χ3v) is 6.70. The summed E-state index contributed by atoms with van der Waals surface area (Å²) in [6, 6.07) is 13.0. The van der Waals surface area contributed by atoms with Crippen LogP contribution in [0.15, 0.2) is 67.1 Å². The van der Waals surface area contributed by atoms with Crippen molar-refractivity contribution in [2.45, 2.75) is 31.7 Å². The van der Waals surface area contributed by atoms with Gasteiger partial charge in [-0.2, -0.15) is 0 Å². The number of rotatable bonds is 7. The predicted molar refractivity (Wildman–Crippen MR) is 140 cm³/mol. The third-order valence-electron chi connectivity index (χ3n) is 6.70. The summed E-state index contributed by atoms with van der Waals surface area (Å²) in [5.74, 6) is 0.893. The van der Waals surface area contributed by atoms with Gasteiger partial charge in [0.25, 0.3) is 5.91 Å². The molecule has 1 saturated carbocycles. The zero-order valence-corrected chi connectivity index (χ0v) is 21.0. The van der Waals surface area contributed by atoms with Crippen LogP contribution in [0.1, 0.15) is 41.9 Å². The summed E-state index contributed by atoms with van der Waals surface area (Å²) in [4.78, 5) is 25.9. The van der Waals surface area contributed by atoms with E-state index in [0.29, 0.717) is 64.8 Å². The number of pyridine rings is 3. The number of benzene rings is 1. The number of halogens is 1. The summed E-state index contributed by atoms with van der Waals surface area (Å²) in [6.07, 6.45) is 5.60. The molecule has 4 aromatic heterocycles. The van der Waals surface area contributed by atoms with Gasteiger partial charge in [-0.25, -0.2) is 14.4 Å². The van der Waals surface area contributed by atoms with Crippen LogP contribution in [0.3, 0.4) is 0 Å². The first-order valence-electron chi connectivity index (χ1n) is 12.6. The van der Waals surface area contributed by atoms with Gasteiger partial charge in [0.05, 0.1) is 35.8 Å². The van der Waals surface area contributed by atoms with Crippen LogP contribution in [-0.4, -0.2) is 53.4 Å². The summed E-state index contributed by atoms with van der Waals surface area (Å²) in [5, 5.41) is 21.5. The molecule has 39 heavy (non-hydrogen) atoms. The van der Waals surface area contributed by atoms with Gasteiger partial charge in [-0.1, -0.05) is 12.1 Å². The van der Waals surface area contributed by atoms with Crippen LogP contribution in [0.2, 0.25) is 0 Å². The van der Waals surface area contributed by atoms with Crippen molar-refractivity contribution in [1.29, 1.82) is 0 Å². The molecule has 0 aliphatic heterocycles. The molecule has 5 aromatic rings. The van der Waals surface area contributed by atoms with Gasteiger partial charge in [0.2, 0.25) is 0 Å². The van der Waals surface area contributed by atoms with E-state index in [4.69, 9.17) is 4.74 Å². The topological polar surface area (TPSA) is 128 Å². The summed E-state index contributed by atoms with van der Waals surface area (Å²) in [7, 11) is 0. The number of carbonyl (C=O) groups excluding carboxylic acids is 1. The maximum absolute atomic E-state index is 15.0. The van der Waals surface area contributed by atoms with Crippen LogP contribution < -0.4 is 10.1 Å². The van der Waals surface area contributed by atoms with Crippen molar-refractivity contribution in [3.63, 3.8) is 0 Å². The van der Waals surface area contributed by atoms with Gasteiger partial charge in [0, 0.05) is 24.2 Å². The molecule has 196 valence electrons. The summed E-state index contributed by atoms with van der Waals surface area (Å²) >= 11 is 0. The molecule has 0 spiro atoms. The Morgan fingerprint density at radius 1 is 1.10 bits per heavy atom. The molecular weight excluding hydrogens is 501 g/mol. The smallest absolute Gasteiger partial charge is 0.253 e. The Bertz CT molecular complexity index is 1670. The molecule has 0 bridgehead atoms. The molecular formula is C28H24FN7O3. The highest BCUT2D eigenvalue weighted by atomic mass is 19.1. The highest BCUT2D eigenvalue weighted by Gasteiger charge is 2.37. The number of nitrogens with zero attached hydrogens (tertiary/aromatic N) is 6. The van der Waals surface area contributed by atoms with Crippen molar-refractivity contribution in [2.24, 2.45) is 0 Å². The molecule has 4 heterocycles. The quantitative estimate of drug-likeness (QED) is 0.324. The predicted octanol–water partition coefficient (Wildman–Crippen LogP) is 4.19. The maximum atomic E-state index is 15.0. The zero-order valence-electron chi connectivity index (χ0n) is 21.0. The second kappa shape index (κ2) is 10.1. The van der Waals surface area contributed by atoms with E-state index in [2.05, 4.69) is 30.5 Å². The number of nitrogens with one attached hydrogen (secondary N) is 1. The molecule has 0 unspecified atom stereocenters. The first-order valence-corrected chi connectivity index (χ1v) is 12.6. The van der Waals surface area contributed by atoms with E-state index in [1.165, 1.54) is 24.5 Å². The number of hydrogen-bond acceptors (Lipinski definition) is 8. The van der Waals surface area contributed by atoms with E-state index in [-0.39, 0.29) is 23.6 Å². The van der Waals surface area contributed by atoms with E-state index in [9.17, 15) is 14.3 Å². The van der Waals surface area contributed by atoms with E-state index >= 15 is 0 Å². The Morgan fingerprint density at radius 3 is 2.72 bits per heavy atom. The van der Waals surface area contributed by atoms with Crippen LogP contribution in [0.25, 0.3) is 28.2 Å². The second-order valence-corrected chi connectivity index (χ2v) is 9.24. The minimum absolute atomic E-state index is 0.0202. The van der Waals surface area contributed by atoms with Gasteiger partial charge in [0.15, 0.2) is 5.82 Å². The monoisotopic (exact) mass is 525 g/mol. The summed E-state index contributed by atoms with van der Waals surface area (Å²) in [5.41, 5.74) is 2.08. The number of amides is 1. The number of hydrogen-bond donors (Lipinski definition) is 2. The second-order valence-electron chi connectivity index (χ2n) is 9.24. The van der Waals surface area contributed by atoms with Gasteiger partial charge >= 0.3 is 0 Å². The molecule has 1 fully saturated rings. The van der Waals surface area contributed by atoms with Crippen molar-refractivity contribution in [3.8, 4) is 28.7 Å². The highest BCUT2D eigenvalue weighted by Crippen LogP contribution is 2.39. The molecule has 2 N–H and O–H groups in total. The first kappa shape index (κ1) is 24.4. The van der Waals surface area contributed by atoms with E-state index in [1.807, 2.05) is 6.92 Å². The molecule has 11 heteroatoms. The lowest BCUT2D eigenvalue weighted by Gasteiger charge is -2.35. The van der Waals surface area contributed by atoms with Crippen molar-refractivity contribution < 1.29 is 19.0 Å². The molecule has 1 amide bonds. The van der Waals surface area contributed by atoms with Gasteiger partial charge in [-0.15, -0.1) is 10.2 Å². The summed E-state index contributed by atoms with van der Waals surface area (Å²) in [6.45, 7) is 2.42. The largest absolute Gasteiger partial charge is 0.506 e. The SMILES string of the molecule is CCOc1ccc(-c2nnc([C@H]3C[C@H](NC(=O)c4ccnc5cc(O)cnc45)C3)n2-c2ccccc2F)nc1. The standard InChI is InChI=1S/C28H24FN7O3/c1-2-39-19-7-8-22(31-15-19)27-35-34-26(36(27)24-6-4-3-5-21(24)29)16-11-17(12-16)33-28(38)20-9-10-30-23-13-18(37)14-32-25(20)23/h3-10,13-17,37H,2,11-12H2,1H3,(H,33,38)/t16-,17-. The lowest BCUT2D eigenvalue weighted by atomic mass is 9.79. The molecule has 1 aliphatic carbocycles. The average Bonchev–Trinajstić information content (AvgIpc) is 3.35. The normalized spacial score (nSPS) is 16.6. The Labute approximate surface area is 222 Å². The lowest BCUT2D eigenvalue weighted by molar-refractivity contribution is 0.0908. The maximum Gasteiger partial charge on any atom is 0.253 e. The number of aromatic nitrogens is 6. The molecule has 10 nitrogen and oxygen atoms in total. The van der Waals surface area contributed by atoms with E-state index in [0.717, 1.165) is 0 Å². The molecule has 0 atom stereocenters. The molecule has 0 radical (unpaired) electrons. The molecule has 1 aliphatic rings. The Balaban J connectivity index is 1.25. The number of ether oxygens (including phenoxy) is 1. The summed E-state index contributed by atoms with van der Waals surface area (Å²) < 4.78 is 22.2. The van der Waals surface area contributed by atoms with Crippen LogP contribution in [0, 0.1) is 5.82 Å². The van der Waals surface area contributed by atoms with Crippen LogP contribution in [0.4, 0.5) is 4.39 Å². The fourth-order valence-electron chi connectivity index (χ4n) is 4.77. The van der Waals surface area contributed by atoms with Crippen molar-refractivity contribution in [1.82, 2.24) is 35.0 Å². The molecule has 1 aromatic carbocycles. The van der Waals surface area contributed by atoms with Gasteiger partial charge < -0.3 is 15.2 Å².